The molecule has 1 fully saturated rings. The number of hydrogen-bond donors (Lipinski definition) is 6. The number of carbonyl (C=O) groups is 2. The molecule has 3 amide bonds. The summed E-state index contributed by atoms with van der Waals surface area (Å²) in [7, 11) is 0. The average Bonchev–Trinajstić information content (AvgIpc) is 3.04. The van der Waals surface area contributed by atoms with Crippen molar-refractivity contribution in [3.8, 4) is 0 Å². The van der Waals surface area contributed by atoms with Crippen molar-refractivity contribution < 1.29 is 29.6 Å². The Hall–Kier alpha value is -1.46. The van der Waals surface area contributed by atoms with Gasteiger partial charge in [-0.2, -0.15) is 0 Å². The van der Waals surface area contributed by atoms with Crippen LogP contribution in [-0.4, -0.2) is 88.5 Å². The van der Waals surface area contributed by atoms with Gasteiger partial charge in [-0.3, -0.25) is 9.69 Å². The van der Waals surface area contributed by atoms with Gasteiger partial charge in [0, 0.05) is 13.1 Å². The normalized spacial score (nSPS) is 22.0. The molecule has 1 rings (SSSR count). The quantitative estimate of drug-likeness (QED) is 0.0573. The summed E-state index contributed by atoms with van der Waals surface area (Å²) in [5.41, 5.74) is 5.77. The van der Waals surface area contributed by atoms with Crippen molar-refractivity contribution in [1.29, 1.82) is 0 Å². The van der Waals surface area contributed by atoms with Crippen LogP contribution in [0.2, 0.25) is 0 Å². The molecule has 0 aliphatic carbocycles. The summed E-state index contributed by atoms with van der Waals surface area (Å²) in [4.78, 5) is 27.6. The number of nitrogens with zero attached hydrogens (tertiary/aromatic N) is 1. The van der Waals surface area contributed by atoms with E-state index in [-0.39, 0.29) is 6.03 Å². The van der Waals surface area contributed by atoms with E-state index < -0.39 is 49.1 Å². The number of rotatable bonds is 28. The molecule has 1 aliphatic heterocycles. The molecule has 0 bridgehead atoms. The molecule has 10 nitrogen and oxygen atoms in total. The smallest absolute Gasteiger partial charge is 0.319 e. The van der Waals surface area contributed by atoms with Crippen molar-refractivity contribution in [2.24, 2.45) is 5.73 Å². The molecule has 0 aromatic carbocycles. The number of ether oxygens (including phenoxy) is 1. The summed E-state index contributed by atoms with van der Waals surface area (Å²) >= 11 is 0. The van der Waals surface area contributed by atoms with Gasteiger partial charge >= 0.3 is 6.03 Å². The Balaban J connectivity index is 2.69. The molecule has 1 heterocycles. The highest BCUT2D eigenvalue weighted by Gasteiger charge is 2.48. The summed E-state index contributed by atoms with van der Waals surface area (Å²) in [6.07, 6.45) is 21.3. The Bertz CT molecular complexity index is 758. The second-order valence-corrected chi connectivity index (χ2v) is 13.5. The molecular weight excluding hydrogens is 584 g/mol. The van der Waals surface area contributed by atoms with Crippen LogP contribution in [0.15, 0.2) is 0 Å². The molecule has 272 valence electrons. The number of amides is 3. The van der Waals surface area contributed by atoms with Gasteiger partial charge in [0.05, 0.1) is 12.6 Å². The highest BCUT2D eigenvalue weighted by Crippen LogP contribution is 2.25. The maximum Gasteiger partial charge on any atom is 0.319 e. The number of aliphatic hydroxyl groups is 3. The van der Waals surface area contributed by atoms with E-state index in [4.69, 9.17) is 10.5 Å². The molecular formula is C36H72N4O6. The van der Waals surface area contributed by atoms with E-state index in [0.29, 0.717) is 13.1 Å². The fourth-order valence-electron chi connectivity index (χ4n) is 6.19. The predicted molar refractivity (Wildman–Crippen MR) is 186 cm³/mol. The van der Waals surface area contributed by atoms with Gasteiger partial charge < -0.3 is 36.4 Å². The fourth-order valence-corrected chi connectivity index (χ4v) is 6.19. The number of hydrogen-bond acceptors (Lipinski definition) is 7. The number of urea groups is 1. The molecule has 1 aliphatic rings. The van der Waals surface area contributed by atoms with Crippen molar-refractivity contribution in [3.05, 3.63) is 0 Å². The van der Waals surface area contributed by atoms with Crippen LogP contribution < -0.4 is 16.4 Å². The van der Waals surface area contributed by atoms with Crippen LogP contribution in [0.5, 0.6) is 0 Å². The van der Waals surface area contributed by atoms with Crippen LogP contribution in [0.1, 0.15) is 162 Å². The summed E-state index contributed by atoms with van der Waals surface area (Å²) in [6.45, 7) is 6.34. The van der Waals surface area contributed by atoms with Crippen LogP contribution in [0.25, 0.3) is 0 Å². The van der Waals surface area contributed by atoms with Crippen molar-refractivity contribution in [2.75, 3.05) is 19.7 Å². The zero-order valence-electron chi connectivity index (χ0n) is 29.7. The van der Waals surface area contributed by atoms with E-state index >= 15 is 0 Å². The summed E-state index contributed by atoms with van der Waals surface area (Å²) in [5.74, 6) is -0.525. The Morgan fingerprint density at radius 1 is 0.717 bits per heavy atom. The topological polar surface area (TPSA) is 157 Å². The predicted octanol–water partition coefficient (Wildman–Crippen LogP) is 5.89. The highest BCUT2D eigenvalue weighted by molar-refractivity contribution is 5.81. The molecule has 0 aromatic rings. The van der Waals surface area contributed by atoms with Gasteiger partial charge in [0.25, 0.3) is 0 Å². The minimum atomic E-state index is -1.45. The van der Waals surface area contributed by atoms with Crippen molar-refractivity contribution in [2.45, 2.75) is 199 Å². The highest BCUT2D eigenvalue weighted by atomic mass is 16.5. The molecule has 0 unspecified atom stereocenters. The SMILES string of the molecule is CCCCCCCCCCCCCCN(C(=O)NCCCCCCCCCCCC)[C@@H]1O[C@H](CO)[C@@H](O)[C@H](O)[C@H]1NC(=O)[C@H](C)N. The lowest BCUT2D eigenvalue weighted by atomic mass is 9.95. The molecule has 10 heteroatoms. The second kappa shape index (κ2) is 27.5. The van der Waals surface area contributed by atoms with E-state index in [1.165, 1.54) is 108 Å². The standard InChI is InChI=1S/C36H72N4O6/c1-4-6-8-10-12-14-16-17-19-21-23-25-27-40(36(45)38-26-24-22-20-18-15-13-11-9-7-5-2)35-31(39-34(44)29(3)37)33(43)32(42)30(28-41)46-35/h29-33,35,41-43H,4-28,37H2,1-3H3,(H,38,45)(H,39,44)/t29-,30+,31+,32+,33+,35+/m0/s1. The number of unbranched alkanes of at least 4 members (excludes halogenated alkanes) is 20. The van der Waals surface area contributed by atoms with Gasteiger partial charge in [0.2, 0.25) is 5.91 Å². The lowest BCUT2D eigenvalue weighted by Gasteiger charge is -2.46. The zero-order valence-corrected chi connectivity index (χ0v) is 29.7. The van der Waals surface area contributed by atoms with Crippen molar-refractivity contribution in [1.82, 2.24) is 15.5 Å². The Labute approximate surface area is 281 Å². The first kappa shape index (κ1) is 42.6. The van der Waals surface area contributed by atoms with E-state index in [1.807, 2.05) is 0 Å². The fraction of sp³-hybridized carbons (Fsp3) is 0.944. The average molecular weight is 657 g/mol. The van der Waals surface area contributed by atoms with Gasteiger partial charge in [-0.25, -0.2) is 4.79 Å². The molecule has 6 atom stereocenters. The molecule has 0 aromatic heterocycles. The lowest BCUT2D eigenvalue weighted by molar-refractivity contribution is -0.224. The number of nitrogens with two attached hydrogens (primary N) is 1. The minimum absolute atomic E-state index is 0.343. The molecule has 46 heavy (non-hydrogen) atoms. The largest absolute Gasteiger partial charge is 0.394 e. The lowest BCUT2D eigenvalue weighted by Crippen LogP contribution is -2.70. The second-order valence-electron chi connectivity index (χ2n) is 13.5. The molecule has 1 saturated heterocycles. The zero-order chi connectivity index (χ0) is 34.0. The van der Waals surface area contributed by atoms with E-state index in [2.05, 4.69) is 24.5 Å². The maximum atomic E-state index is 13.6. The summed E-state index contributed by atoms with van der Waals surface area (Å²) in [6, 6.07) is -2.29. The summed E-state index contributed by atoms with van der Waals surface area (Å²) < 4.78 is 6.01. The third-order valence-electron chi connectivity index (χ3n) is 9.25. The first-order valence-corrected chi connectivity index (χ1v) is 19.0. The molecule has 7 N–H and O–H groups in total. The van der Waals surface area contributed by atoms with Gasteiger partial charge in [-0.1, -0.05) is 142 Å². The number of aliphatic hydroxyl groups excluding tert-OH is 3. The van der Waals surface area contributed by atoms with Crippen LogP contribution in [-0.2, 0) is 9.53 Å². The first-order valence-electron chi connectivity index (χ1n) is 19.0. The monoisotopic (exact) mass is 657 g/mol. The molecule has 0 radical (unpaired) electrons. The van der Waals surface area contributed by atoms with Crippen LogP contribution in [0.3, 0.4) is 0 Å². The maximum absolute atomic E-state index is 13.6. The van der Waals surface area contributed by atoms with Gasteiger partial charge in [0.1, 0.15) is 24.4 Å². The summed E-state index contributed by atoms with van der Waals surface area (Å²) in [5, 5.41) is 37.1. The van der Waals surface area contributed by atoms with Crippen molar-refractivity contribution >= 4 is 11.9 Å². The third kappa shape index (κ3) is 18.2. The molecule has 0 saturated carbocycles. The third-order valence-corrected chi connectivity index (χ3v) is 9.25. The number of carbonyl (C=O) groups excluding carboxylic acids is 2. The Morgan fingerprint density at radius 2 is 1.15 bits per heavy atom. The minimum Gasteiger partial charge on any atom is -0.394 e. The van der Waals surface area contributed by atoms with Gasteiger partial charge in [-0.05, 0) is 19.8 Å². The Kier molecular flexibility index (Phi) is 25.4. The van der Waals surface area contributed by atoms with E-state index in [1.54, 1.807) is 0 Å². The van der Waals surface area contributed by atoms with Crippen molar-refractivity contribution in [3.63, 3.8) is 0 Å². The van der Waals surface area contributed by atoms with Crippen LogP contribution in [0, 0.1) is 0 Å². The Morgan fingerprint density at radius 3 is 1.59 bits per heavy atom. The van der Waals surface area contributed by atoms with Gasteiger partial charge in [0.15, 0.2) is 6.23 Å². The van der Waals surface area contributed by atoms with Crippen LogP contribution >= 0.6 is 0 Å². The molecule has 0 spiro atoms. The van der Waals surface area contributed by atoms with E-state index in [0.717, 1.165) is 44.9 Å². The van der Waals surface area contributed by atoms with Gasteiger partial charge in [-0.15, -0.1) is 0 Å². The number of nitrogens with one attached hydrogen (secondary N) is 2. The first-order chi connectivity index (χ1) is 22.3. The van der Waals surface area contributed by atoms with Crippen LogP contribution in [0.4, 0.5) is 4.79 Å². The van der Waals surface area contributed by atoms with E-state index in [9.17, 15) is 24.9 Å².